The molecule has 0 saturated carbocycles. The first kappa shape index (κ1) is 17.4. The Kier molecular flexibility index (Phi) is 5.87. The zero-order valence-corrected chi connectivity index (χ0v) is 14.9. The summed E-state index contributed by atoms with van der Waals surface area (Å²) in [7, 11) is 0. The quantitative estimate of drug-likeness (QED) is 0.895. The van der Waals surface area contributed by atoms with Crippen molar-refractivity contribution in [3.8, 4) is 0 Å². The fourth-order valence-electron chi connectivity index (χ4n) is 3.62. The molecule has 0 aromatic heterocycles. The van der Waals surface area contributed by atoms with Crippen LogP contribution in [-0.2, 0) is 9.53 Å². The molecule has 0 aliphatic carbocycles. The summed E-state index contributed by atoms with van der Waals surface area (Å²) < 4.78 is 5.46. The van der Waals surface area contributed by atoms with E-state index < -0.39 is 0 Å². The van der Waals surface area contributed by atoms with Crippen molar-refractivity contribution < 1.29 is 9.53 Å². The minimum absolute atomic E-state index is 0.0880. The molecule has 0 radical (unpaired) electrons. The van der Waals surface area contributed by atoms with Crippen molar-refractivity contribution in [2.75, 3.05) is 57.8 Å². The van der Waals surface area contributed by atoms with Crippen LogP contribution in [0.3, 0.4) is 0 Å². The number of amides is 1. The minimum atomic E-state index is 0.0880. The van der Waals surface area contributed by atoms with Crippen LogP contribution in [0.1, 0.15) is 17.5 Å². The highest BCUT2D eigenvalue weighted by Crippen LogP contribution is 2.19. The number of carbonyl (C=O) groups is 1. The predicted molar refractivity (Wildman–Crippen MR) is 96.4 cm³/mol. The lowest BCUT2D eigenvalue weighted by Crippen LogP contribution is -2.49. The number of rotatable bonds is 5. The average Bonchev–Trinajstić information content (AvgIpc) is 3.06. The highest BCUT2D eigenvalue weighted by atomic mass is 16.5. The van der Waals surface area contributed by atoms with Crippen LogP contribution in [0, 0.1) is 19.8 Å². The molecule has 3 rings (SSSR count). The van der Waals surface area contributed by atoms with E-state index in [2.05, 4.69) is 15.1 Å². The molecule has 1 amide bonds. The first-order valence-electron chi connectivity index (χ1n) is 9.00. The van der Waals surface area contributed by atoms with E-state index in [0.717, 1.165) is 62.8 Å². The number of anilines is 1. The maximum Gasteiger partial charge on any atom is 0.238 e. The Hall–Kier alpha value is -1.43. The maximum absolute atomic E-state index is 12.4. The monoisotopic (exact) mass is 331 g/mol. The molecular formula is C19H29N3O2. The van der Waals surface area contributed by atoms with Gasteiger partial charge in [0.1, 0.15) is 0 Å². The summed E-state index contributed by atoms with van der Waals surface area (Å²) in [5, 5.41) is 3.09. The summed E-state index contributed by atoms with van der Waals surface area (Å²) in [5.41, 5.74) is 3.20. The zero-order chi connectivity index (χ0) is 16.9. The van der Waals surface area contributed by atoms with E-state index >= 15 is 0 Å². The Morgan fingerprint density at radius 2 is 1.83 bits per heavy atom. The molecule has 1 aromatic rings. The number of para-hydroxylation sites is 1. The molecule has 5 heteroatoms. The summed E-state index contributed by atoms with van der Waals surface area (Å²) in [6, 6.07) is 6.09. The topological polar surface area (TPSA) is 44.8 Å². The van der Waals surface area contributed by atoms with Crippen LogP contribution in [0.25, 0.3) is 0 Å². The van der Waals surface area contributed by atoms with Crippen molar-refractivity contribution in [3.63, 3.8) is 0 Å². The first-order valence-corrected chi connectivity index (χ1v) is 9.00. The fraction of sp³-hybridized carbons (Fsp3) is 0.632. The summed E-state index contributed by atoms with van der Waals surface area (Å²) in [6.45, 7) is 11.6. The molecule has 2 aliphatic rings. The van der Waals surface area contributed by atoms with Crippen molar-refractivity contribution in [1.29, 1.82) is 0 Å². The highest BCUT2D eigenvalue weighted by molar-refractivity contribution is 5.93. The summed E-state index contributed by atoms with van der Waals surface area (Å²) in [4.78, 5) is 17.1. The first-order chi connectivity index (χ1) is 11.6. The van der Waals surface area contributed by atoms with Gasteiger partial charge in [0.25, 0.3) is 0 Å². The smallest absolute Gasteiger partial charge is 0.238 e. The normalized spacial score (nSPS) is 22.7. The van der Waals surface area contributed by atoms with E-state index in [9.17, 15) is 4.79 Å². The number of hydrogen-bond acceptors (Lipinski definition) is 4. The molecule has 24 heavy (non-hydrogen) atoms. The predicted octanol–water partition coefficient (Wildman–Crippen LogP) is 1.90. The highest BCUT2D eigenvalue weighted by Gasteiger charge is 2.23. The van der Waals surface area contributed by atoms with E-state index in [1.807, 2.05) is 32.0 Å². The summed E-state index contributed by atoms with van der Waals surface area (Å²) in [5.74, 6) is 0.786. The van der Waals surface area contributed by atoms with Gasteiger partial charge in [0.2, 0.25) is 5.91 Å². The van der Waals surface area contributed by atoms with E-state index in [0.29, 0.717) is 12.5 Å². The van der Waals surface area contributed by atoms with Gasteiger partial charge in [0.15, 0.2) is 0 Å². The molecule has 0 bridgehead atoms. The Bertz CT molecular complexity index is 541. The third-order valence-electron chi connectivity index (χ3n) is 5.12. The molecule has 1 atom stereocenters. The van der Waals surface area contributed by atoms with Gasteiger partial charge in [-0.25, -0.2) is 0 Å². The third kappa shape index (κ3) is 4.56. The van der Waals surface area contributed by atoms with Crippen LogP contribution in [0.4, 0.5) is 5.69 Å². The van der Waals surface area contributed by atoms with Crippen LogP contribution in [-0.4, -0.2) is 68.2 Å². The van der Waals surface area contributed by atoms with Gasteiger partial charge in [-0.3, -0.25) is 9.69 Å². The van der Waals surface area contributed by atoms with Crippen molar-refractivity contribution in [3.05, 3.63) is 29.3 Å². The maximum atomic E-state index is 12.4. The fourth-order valence-corrected chi connectivity index (χ4v) is 3.62. The Morgan fingerprint density at radius 3 is 2.46 bits per heavy atom. The summed E-state index contributed by atoms with van der Waals surface area (Å²) >= 11 is 0. The van der Waals surface area contributed by atoms with Gasteiger partial charge in [-0.05, 0) is 37.3 Å². The van der Waals surface area contributed by atoms with Crippen molar-refractivity contribution in [2.45, 2.75) is 20.3 Å². The molecule has 2 heterocycles. The molecule has 1 aromatic carbocycles. The van der Waals surface area contributed by atoms with Crippen molar-refractivity contribution in [2.24, 2.45) is 5.92 Å². The van der Waals surface area contributed by atoms with Gasteiger partial charge in [-0.1, -0.05) is 18.2 Å². The number of benzene rings is 1. The molecule has 2 saturated heterocycles. The number of nitrogens with zero attached hydrogens (tertiary/aromatic N) is 2. The molecule has 5 nitrogen and oxygen atoms in total. The largest absolute Gasteiger partial charge is 0.381 e. The van der Waals surface area contributed by atoms with Gasteiger partial charge in [-0.15, -0.1) is 0 Å². The van der Waals surface area contributed by atoms with Crippen LogP contribution in [0.2, 0.25) is 0 Å². The van der Waals surface area contributed by atoms with Gasteiger partial charge in [0, 0.05) is 45.0 Å². The SMILES string of the molecule is Cc1cccc(C)c1NC(=O)CN1CCN(C[C@H]2CCOC2)CC1. The number of piperazine rings is 1. The Balaban J connectivity index is 1.43. The second-order valence-corrected chi connectivity index (χ2v) is 7.12. The zero-order valence-electron chi connectivity index (χ0n) is 14.9. The molecule has 1 N–H and O–H groups in total. The average molecular weight is 331 g/mol. The Labute approximate surface area is 145 Å². The van der Waals surface area contributed by atoms with Crippen LogP contribution in [0.5, 0.6) is 0 Å². The van der Waals surface area contributed by atoms with Gasteiger partial charge in [-0.2, -0.15) is 0 Å². The van der Waals surface area contributed by atoms with Gasteiger partial charge >= 0.3 is 0 Å². The molecular weight excluding hydrogens is 302 g/mol. The molecule has 2 fully saturated rings. The minimum Gasteiger partial charge on any atom is -0.381 e. The molecule has 132 valence electrons. The Morgan fingerprint density at radius 1 is 1.17 bits per heavy atom. The van der Waals surface area contributed by atoms with Crippen molar-refractivity contribution >= 4 is 11.6 Å². The van der Waals surface area contributed by atoms with E-state index in [-0.39, 0.29) is 5.91 Å². The number of nitrogens with one attached hydrogen (secondary N) is 1. The number of ether oxygens (including phenoxy) is 1. The van der Waals surface area contributed by atoms with E-state index in [4.69, 9.17) is 4.74 Å². The second kappa shape index (κ2) is 8.10. The number of carbonyl (C=O) groups excluding carboxylic acids is 1. The summed E-state index contributed by atoms with van der Waals surface area (Å²) in [6.07, 6.45) is 1.19. The lowest BCUT2D eigenvalue weighted by Gasteiger charge is -2.35. The van der Waals surface area contributed by atoms with Gasteiger partial charge < -0.3 is 15.0 Å². The van der Waals surface area contributed by atoms with Gasteiger partial charge in [0.05, 0.1) is 13.2 Å². The third-order valence-corrected chi connectivity index (χ3v) is 5.12. The second-order valence-electron chi connectivity index (χ2n) is 7.12. The van der Waals surface area contributed by atoms with Crippen LogP contribution >= 0.6 is 0 Å². The number of hydrogen-bond donors (Lipinski definition) is 1. The van der Waals surface area contributed by atoms with E-state index in [1.54, 1.807) is 0 Å². The van der Waals surface area contributed by atoms with E-state index in [1.165, 1.54) is 6.42 Å². The standard InChI is InChI=1S/C19H29N3O2/c1-15-4-3-5-16(2)19(15)20-18(23)13-22-9-7-21(8-10-22)12-17-6-11-24-14-17/h3-5,17H,6-14H2,1-2H3,(H,20,23)/t17-/m1/s1. The van der Waals surface area contributed by atoms with Crippen LogP contribution < -0.4 is 5.32 Å². The molecule has 0 unspecified atom stereocenters. The lowest BCUT2D eigenvalue weighted by molar-refractivity contribution is -0.117. The molecule has 0 spiro atoms. The van der Waals surface area contributed by atoms with Crippen LogP contribution in [0.15, 0.2) is 18.2 Å². The number of aryl methyl sites for hydroxylation is 2. The lowest BCUT2D eigenvalue weighted by atomic mass is 10.1. The van der Waals surface area contributed by atoms with Crippen molar-refractivity contribution in [1.82, 2.24) is 9.80 Å². The molecule has 2 aliphatic heterocycles.